The zero-order chi connectivity index (χ0) is 13.4. The maximum absolute atomic E-state index is 11.8. The molecule has 1 fully saturated rings. The second-order valence-electron chi connectivity index (χ2n) is 4.12. The lowest BCUT2D eigenvalue weighted by Gasteiger charge is -2.26. The smallest absolute Gasteiger partial charge is 0.303 e. The lowest BCUT2D eigenvalue weighted by Crippen LogP contribution is -2.46. The predicted molar refractivity (Wildman–Crippen MR) is 65.4 cm³/mol. The van der Waals surface area contributed by atoms with Crippen molar-refractivity contribution in [2.24, 2.45) is 0 Å². The van der Waals surface area contributed by atoms with E-state index in [0.29, 0.717) is 52.1 Å². The van der Waals surface area contributed by atoms with E-state index in [0.717, 1.165) is 0 Å². The van der Waals surface area contributed by atoms with Gasteiger partial charge in [0.25, 0.3) is 10.2 Å². The second kappa shape index (κ2) is 7.67. The predicted octanol–water partition coefficient (Wildman–Crippen LogP) is -0.202. The highest BCUT2D eigenvalue weighted by molar-refractivity contribution is 7.87. The van der Waals surface area contributed by atoms with E-state index < -0.39 is 16.2 Å². The maximum Gasteiger partial charge on any atom is 0.303 e. The first kappa shape index (κ1) is 15.4. The molecule has 8 heteroatoms. The number of carboxylic acids is 1. The molecule has 0 bridgehead atoms. The van der Waals surface area contributed by atoms with E-state index in [1.807, 2.05) is 0 Å². The first-order valence-corrected chi connectivity index (χ1v) is 7.50. The summed E-state index contributed by atoms with van der Waals surface area (Å²) in [6.07, 6.45) is 2.07. The normalized spacial score (nSPS) is 17.8. The van der Waals surface area contributed by atoms with Crippen LogP contribution in [-0.4, -0.2) is 56.6 Å². The van der Waals surface area contributed by atoms with Gasteiger partial charge >= 0.3 is 5.97 Å². The zero-order valence-electron chi connectivity index (χ0n) is 10.3. The Kier molecular flexibility index (Phi) is 6.55. The first-order chi connectivity index (χ1) is 8.52. The summed E-state index contributed by atoms with van der Waals surface area (Å²) in [4.78, 5) is 10.3. The number of ether oxygens (including phenoxy) is 1. The molecule has 0 aromatic rings. The van der Waals surface area contributed by atoms with Crippen molar-refractivity contribution in [1.29, 1.82) is 0 Å². The molecule has 0 aliphatic carbocycles. The van der Waals surface area contributed by atoms with Crippen molar-refractivity contribution in [1.82, 2.24) is 9.03 Å². The van der Waals surface area contributed by atoms with Gasteiger partial charge < -0.3 is 9.84 Å². The Morgan fingerprint density at radius 3 is 2.50 bits per heavy atom. The molecular formula is C10H20N2O5S. The highest BCUT2D eigenvalue weighted by Crippen LogP contribution is 2.04. The molecule has 0 spiro atoms. The molecule has 106 valence electrons. The molecule has 1 heterocycles. The summed E-state index contributed by atoms with van der Waals surface area (Å²) in [6.45, 7) is 1.97. The number of carboxylic acid groups (broad SMARTS) is 1. The molecule has 1 aliphatic heterocycles. The maximum atomic E-state index is 11.8. The quantitative estimate of drug-likeness (QED) is 0.600. The monoisotopic (exact) mass is 280 g/mol. The highest BCUT2D eigenvalue weighted by Gasteiger charge is 2.23. The summed E-state index contributed by atoms with van der Waals surface area (Å²) >= 11 is 0. The fourth-order valence-electron chi connectivity index (χ4n) is 1.66. The van der Waals surface area contributed by atoms with Crippen molar-refractivity contribution in [2.75, 3.05) is 32.8 Å². The van der Waals surface area contributed by atoms with E-state index in [1.165, 1.54) is 4.31 Å². The van der Waals surface area contributed by atoms with Crippen molar-refractivity contribution >= 4 is 16.2 Å². The van der Waals surface area contributed by atoms with Crippen LogP contribution in [0.15, 0.2) is 0 Å². The molecule has 18 heavy (non-hydrogen) atoms. The van der Waals surface area contributed by atoms with E-state index in [4.69, 9.17) is 9.84 Å². The number of rotatable bonds is 8. The van der Waals surface area contributed by atoms with Gasteiger partial charge in [-0.25, -0.2) is 4.72 Å². The van der Waals surface area contributed by atoms with Crippen molar-refractivity contribution in [3.05, 3.63) is 0 Å². The second-order valence-corrected chi connectivity index (χ2v) is 5.87. The Morgan fingerprint density at radius 2 is 1.89 bits per heavy atom. The topological polar surface area (TPSA) is 95.9 Å². The Morgan fingerprint density at radius 1 is 1.22 bits per heavy atom. The molecule has 0 aromatic carbocycles. The number of aliphatic carboxylic acids is 1. The van der Waals surface area contributed by atoms with Crippen molar-refractivity contribution < 1.29 is 23.1 Å². The standard InChI is InChI=1S/C10H20N2O5S/c13-10(14)4-2-1-3-5-11-18(15,16)12-6-8-17-9-7-12/h11H,1-9H2,(H,13,14). The molecule has 1 aliphatic rings. The van der Waals surface area contributed by atoms with Crippen LogP contribution in [0.4, 0.5) is 0 Å². The van der Waals surface area contributed by atoms with Gasteiger partial charge in [-0.15, -0.1) is 0 Å². The van der Waals surface area contributed by atoms with E-state index in [2.05, 4.69) is 4.72 Å². The van der Waals surface area contributed by atoms with E-state index in [9.17, 15) is 13.2 Å². The van der Waals surface area contributed by atoms with Crippen LogP contribution < -0.4 is 4.72 Å². The van der Waals surface area contributed by atoms with Crippen molar-refractivity contribution in [3.8, 4) is 0 Å². The summed E-state index contributed by atoms with van der Waals surface area (Å²) in [5, 5.41) is 8.44. The Bertz CT molecular complexity index is 351. The van der Waals surface area contributed by atoms with Gasteiger partial charge in [-0.1, -0.05) is 6.42 Å². The van der Waals surface area contributed by atoms with E-state index in [-0.39, 0.29) is 6.42 Å². The van der Waals surface area contributed by atoms with Crippen LogP contribution in [0, 0.1) is 0 Å². The third-order valence-electron chi connectivity index (χ3n) is 2.66. The molecule has 0 unspecified atom stereocenters. The average molecular weight is 280 g/mol. The van der Waals surface area contributed by atoms with Gasteiger partial charge in [0.1, 0.15) is 0 Å². The summed E-state index contributed by atoms with van der Waals surface area (Å²) in [5.41, 5.74) is 0. The lowest BCUT2D eigenvalue weighted by atomic mass is 10.2. The first-order valence-electron chi connectivity index (χ1n) is 6.06. The van der Waals surface area contributed by atoms with Gasteiger partial charge in [-0.2, -0.15) is 12.7 Å². The molecule has 0 radical (unpaired) electrons. The Labute approximate surface area is 107 Å². The van der Waals surface area contributed by atoms with Crippen LogP contribution >= 0.6 is 0 Å². The zero-order valence-corrected chi connectivity index (χ0v) is 11.1. The molecular weight excluding hydrogens is 260 g/mol. The number of nitrogens with one attached hydrogen (secondary N) is 1. The largest absolute Gasteiger partial charge is 0.481 e. The SMILES string of the molecule is O=C(O)CCCCCNS(=O)(=O)N1CCOCC1. The minimum absolute atomic E-state index is 0.135. The highest BCUT2D eigenvalue weighted by atomic mass is 32.2. The molecule has 0 saturated carbocycles. The van der Waals surface area contributed by atoms with Crippen LogP contribution in [0.2, 0.25) is 0 Å². The van der Waals surface area contributed by atoms with Gasteiger partial charge in [-0.3, -0.25) is 4.79 Å². The number of morpholine rings is 1. The van der Waals surface area contributed by atoms with E-state index >= 15 is 0 Å². The fourth-order valence-corrected chi connectivity index (χ4v) is 2.87. The molecule has 0 atom stereocenters. The molecule has 0 amide bonds. The number of nitrogens with zero attached hydrogens (tertiary/aromatic N) is 1. The average Bonchev–Trinajstić information content (AvgIpc) is 2.34. The number of unbranched alkanes of at least 4 members (excludes halogenated alkanes) is 2. The van der Waals surface area contributed by atoms with Crippen LogP contribution in [0.5, 0.6) is 0 Å². The minimum Gasteiger partial charge on any atom is -0.481 e. The fraction of sp³-hybridized carbons (Fsp3) is 0.900. The third kappa shape index (κ3) is 5.76. The van der Waals surface area contributed by atoms with E-state index in [1.54, 1.807) is 0 Å². The molecule has 0 aromatic heterocycles. The molecule has 2 N–H and O–H groups in total. The van der Waals surface area contributed by atoms with Crippen LogP contribution in [-0.2, 0) is 19.7 Å². The van der Waals surface area contributed by atoms with Gasteiger partial charge in [0.15, 0.2) is 0 Å². The number of hydrogen-bond acceptors (Lipinski definition) is 4. The summed E-state index contributed by atoms with van der Waals surface area (Å²) in [5.74, 6) is -0.816. The van der Waals surface area contributed by atoms with Crippen molar-refractivity contribution in [3.63, 3.8) is 0 Å². The summed E-state index contributed by atoms with van der Waals surface area (Å²) in [7, 11) is -3.40. The van der Waals surface area contributed by atoms with Gasteiger partial charge in [0.2, 0.25) is 0 Å². The van der Waals surface area contributed by atoms with Crippen LogP contribution in [0.1, 0.15) is 25.7 Å². The summed E-state index contributed by atoms with van der Waals surface area (Å²) < 4.78 is 32.5. The molecule has 7 nitrogen and oxygen atoms in total. The molecule has 1 saturated heterocycles. The number of carbonyl (C=O) groups is 1. The van der Waals surface area contributed by atoms with Gasteiger partial charge in [0.05, 0.1) is 13.2 Å². The third-order valence-corrected chi connectivity index (χ3v) is 4.28. The number of hydrogen-bond donors (Lipinski definition) is 2. The minimum atomic E-state index is -3.40. The Balaban J connectivity index is 2.15. The van der Waals surface area contributed by atoms with Crippen LogP contribution in [0.3, 0.4) is 0 Å². The van der Waals surface area contributed by atoms with Crippen LogP contribution in [0.25, 0.3) is 0 Å². The van der Waals surface area contributed by atoms with Gasteiger partial charge in [-0.05, 0) is 12.8 Å². The van der Waals surface area contributed by atoms with Gasteiger partial charge in [0, 0.05) is 26.1 Å². The van der Waals surface area contributed by atoms with Crippen molar-refractivity contribution in [2.45, 2.75) is 25.7 Å². The summed E-state index contributed by atoms with van der Waals surface area (Å²) in [6, 6.07) is 0. The molecule has 1 rings (SSSR count). The lowest BCUT2D eigenvalue weighted by molar-refractivity contribution is -0.137. The Hall–Kier alpha value is -0.700.